The molecule has 0 aliphatic heterocycles. The van der Waals surface area contributed by atoms with Crippen molar-refractivity contribution in [3.8, 4) is 0 Å². The van der Waals surface area contributed by atoms with Gasteiger partial charge in [-0.3, -0.25) is 4.98 Å². The van der Waals surface area contributed by atoms with Crippen LogP contribution in [-0.2, 0) is 4.74 Å². The van der Waals surface area contributed by atoms with Crippen LogP contribution in [0.25, 0.3) is 0 Å². The molecule has 1 aromatic carbocycles. The SMILES string of the molecule is CCOC(=O)c1ccc(NC(=S)N(CCN(C)C)C(C)c2ccncc2)cc1. The topological polar surface area (TPSA) is 57.7 Å². The van der Waals surface area contributed by atoms with E-state index in [-0.39, 0.29) is 12.0 Å². The number of nitrogens with one attached hydrogen (secondary N) is 1. The Morgan fingerprint density at radius 1 is 1.14 bits per heavy atom. The zero-order valence-corrected chi connectivity index (χ0v) is 17.7. The molecule has 6 nitrogen and oxygen atoms in total. The minimum Gasteiger partial charge on any atom is -0.462 e. The molecule has 0 aliphatic rings. The number of carbonyl (C=O) groups is 1. The van der Waals surface area contributed by atoms with Crippen molar-refractivity contribution in [1.82, 2.24) is 14.8 Å². The van der Waals surface area contributed by atoms with E-state index in [1.54, 1.807) is 31.5 Å². The smallest absolute Gasteiger partial charge is 0.338 e. The largest absolute Gasteiger partial charge is 0.462 e. The lowest BCUT2D eigenvalue weighted by Crippen LogP contribution is -2.40. The summed E-state index contributed by atoms with van der Waals surface area (Å²) in [6.07, 6.45) is 3.58. The molecule has 1 unspecified atom stereocenters. The summed E-state index contributed by atoms with van der Waals surface area (Å²) < 4.78 is 5.02. The van der Waals surface area contributed by atoms with Crippen molar-refractivity contribution in [2.24, 2.45) is 0 Å². The molecule has 28 heavy (non-hydrogen) atoms. The second kappa shape index (κ2) is 10.7. The Balaban J connectivity index is 2.12. The van der Waals surface area contributed by atoms with Crippen LogP contribution in [0.1, 0.15) is 35.8 Å². The summed E-state index contributed by atoms with van der Waals surface area (Å²) in [7, 11) is 4.08. The third kappa shape index (κ3) is 6.28. The van der Waals surface area contributed by atoms with Crippen LogP contribution in [0.15, 0.2) is 48.8 Å². The van der Waals surface area contributed by atoms with E-state index in [0.29, 0.717) is 17.3 Å². The van der Waals surface area contributed by atoms with Gasteiger partial charge in [0.15, 0.2) is 5.11 Å². The van der Waals surface area contributed by atoms with Gasteiger partial charge in [-0.1, -0.05) is 0 Å². The number of esters is 1. The molecule has 0 fully saturated rings. The fraction of sp³-hybridized carbons (Fsp3) is 0.381. The number of nitrogens with zero attached hydrogens (tertiary/aromatic N) is 3. The van der Waals surface area contributed by atoms with E-state index in [4.69, 9.17) is 17.0 Å². The molecule has 0 amide bonds. The van der Waals surface area contributed by atoms with Gasteiger partial charge in [0.05, 0.1) is 18.2 Å². The molecule has 7 heteroatoms. The molecule has 0 saturated heterocycles. The van der Waals surface area contributed by atoms with Gasteiger partial charge in [0.2, 0.25) is 0 Å². The highest BCUT2D eigenvalue weighted by atomic mass is 32.1. The predicted molar refractivity (Wildman–Crippen MR) is 117 cm³/mol. The van der Waals surface area contributed by atoms with Crippen LogP contribution in [0.5, 0.6) is 0 Å². The average Bonchev–Trinajstić information content (AvgIpc) is 2.69. The molecule has 150 valence electrons. The van der Waals surface area contributed by atoms with Crippen LogP contribution < -0.4 is 5.32 Å². The Hall–Kier alpha value is -2.51. The Labute approximate surface area is 172 Å². The summed E-state index contributed by atoms with van der Waals surface area (Å²) >= 11 is 5.70. The molecule has 0 bridgehead atoms. The lowest BCUT2D eigenvalue weighted by Gasteiger charge is -2.33. The van der Waals surface area contributed by atoms with Crippen LogP contribution in [-0.4, -0.2) is 59.7 Å². The summed E-state index contributed by atoms with van der Waals surface area (Å²) in [6.45, 7) is 5.93. The van der Waals surface area contributed by atoms with Gasteiger partial charge in [-0.25, -0.2) is 4.79 Å². The maximum atomic E-state index is 11.8. The van der Waals surface area contributed by atoms with Crippen molar-refractivity contribution in [3.63, 3.8) is 0 Å². The van der Waals surface area contributed by atoms with Gasteiger partial charge in [0.1, 0.15) is 0 Å². The van der Waals surface area contributed by atoms with E-state index >= 15 is 0 Å². The number of pyridine rings is 1. The van der Waals surface area contributed by atoms with E-state index in [1.165, 1.54) is 0 Å². The highest BCUT2D eigenvalue weighted by molar-refractivity contribution is 7.80. The summed E-state index contributed by atoms with van der Waals surface area (Å²) in [4.78, 5) is 20.2. The van der Waals surface area contributed by atoms with Crippen LogP contribution in [0.3, 0.4) is 0 Å². The number of aromatic nitrogens is 1. The number of hydrogen-bond donors (Lipinski definition) is 1. The maximum absolute atomic E-state index is 11.8. The minimum atomic E-state index is -0.324. The predicted octanol–water partition coefficient (Wildman–Crippen LogP) is 3.58. The first-order valence-corrected chi connectivity index (χ1v) is 9.72. The summed E-state index contributed by atoms with van der Waals surface area (Å²) in [5.74, 6) is -0.324. The molecule has 0 spiro atoms. The van der Waals surface area contributed by atoms with Gasteiger partial charge in [-0.05, 0) is 82.1 Å². The average molecular weight is 401 g/mol. The summed E-state index contributed by atoms with van der Waals surface area (Å²) in [5.41, 5.74) is 2.50. The number of carbonyl (C=O) groups excluding carboxylic acids is 1. The standard InChI is InChI=1S/C21H28N4O2S/c1-5-27-20(26)18-6-8-19(9-7-18)23-21(28)25(15-14-24(3)4)16(2)17-10-12-22-13-11-17/h6-13,16H,5,14-15H2,1-4H3,(H,23,28). The van der Waals surface area contributed by atoms with Gasteiger partial charge in [0, 0.05) is 31.2 Å². The number of likely N-dealkylation sites (N-methyl/N-ethyl adjacent to an activating group) is 1. The van der Waals surface area contributed by atoms with Gasteiger partial charge in [0.25, 0.3) is 0 Å². The van der Waals surface area contributed by atoms with Crippen LogP contribution in [0.2, 0.25) is 0 Å². The molecule has 0 aliphatic carbocycles. The first kappa shape index (κ1) is 21.8. The van der Waals surface area contributed by atoms with Crippen molar-refractivity contribution in [1.29, 1.82) is 0 Å². The highest BCUT2D eigenvalue weighted by Crippen LogP contribution is 2.21. The van der Waals surface area contributed by atoms with Crippen molar-refractivity contribution < 1.29 is 9.53 Å². The van der Waals surface area contributed by atoms with Gasteiger partial charge < -0.3 is 19.9 Å². The Kier molecular flexibility index (Phi) is 8.35. The third-order valence-corrected chi connectivity index (χ3v) is 4.69. The molecule has 1 N–H and O–H groups in total. The van der Waals surface area contributed by atoms with Crippen molar-refractivity contribution in [3.05, 3.63) is 59.9 Å². The van der Waals surface area contributed by atoms with Crippen molar-refractivity contribution in [2.45, 2.75) is 19.9 Å². The zero-order chi connectivity index (χ0) is 20.5. The van der Waals surface area contributed by atoms with Crippen molar-refractivity contribution >= 4 is 29.0 Å². The molecule has 1 aromatic heterocycles. The number of hydrogen-bond acceptors (Lipinski definition) is 5. The molecule has 1 atom stereocenters. The highest BCUT2D eigenvalue weighted by Gasteiger charge is 2.19. The van der Waals surface area contributed by atoms with Crippen molar-refractivity contribution in [2.75, 3.05) is 39.1 Å². The first-order chi connectivity index (χ1) is 13.4. The Bertz CT molecular complexity index is 766. The number of benzene rings is 1. The molecular weight excluding hydrogens is 372 g/mol. The molecule has 2 aromatic rings. The fourth-order valence-electron chi connectivity index (χ4n) is 2.70. The van der Waals surface area contributed by atoms with Crippen LogP contribution >= 0.6 is 12.2 Å². The number of anilines is 1. The maximum Gasteiger partial charge on any atom is 0.338 e. The minimum absolute atomic E-state index is 0.0988. The van der Waals surface area contributed by atoms with E-state index in [0.717, 1.165) is 24.3 Å². The molecule has 0 saturated carbocycles. The summed E-state index contributed by atoms with van der Waals surface area (Å²) in [6, 6.07) is 11.2. The fourth-order valence-corrected chi connectivity index (χ4v) is 3.07. The van der Waals surface area contributed by atoms with E-state index < -0.39 is 0 Å². The second-order valence-corrected chi connectivity index (χ2v) is 7.07. The van der Waals surface area contributed by atoms with Gasteiger partial charge >= 0.3 is 5.97 Å². The van der Waals surface area contributed by atoms with E-state index in [9.17, 15) is 4.79 Å². The summed E-state index contributed by atoms with van der Waals surface area (Å²) in [5, 5.41) is 3.92. The van der Waals surface area contributed by atoms with E-state index in [1.807, 2.05) is 38.4 Å². The second-order valence-electron chi connectivity index (χ2n) is 6.68. The van der Waals surface area contributed by atoms with Gasteiger partial charge in [-0.15, -0.1) is 0 Å². The first-order valence-electron chi connectivity index (χ1n) is 9.31. The Morgan fingerprint density at radius 3 is 2.36 bits per heavy atom. The molecule has 2 rings (SSSR count). The van der Waals surface area contributed by atoms with Gasteiger partial charge in [-0.2, -0.15) is 0 Å². The number of rotatable bonds is 8. The third-order valence-electron chi connectivity index (χ3n) is 4.35. The van der Waals surface area contributed by atoms with Crippen LogP contribution in [0.4, 0.5) is 5.69 Å². The number of thiocarbonyl (C=S) groups is 1. The lowest BCUT2D eigenvalue weighted by molar-refractivity contribution is 0.0526. The number of ether oxygens (including phenoxy) is 1. The van der Waals surface area contributed by atoms with E-state index in [2.05, 4.69) is 27.0 Å². The molecule has 0 radical (unpaired) electrons. The normalized spacial score (nSPS) is 11.8. The Morgan fingerprint density at radius 2 is 1.79 bits per heavy atom. The molecular formula is C21H28N4O2S. The lowest BCUT2D eigenvalue weighted by atomic mass is 10.1. The molecule has 1 heterocycles. The quantitative estimate of drug-likeness (QED) is 0.537. The monoisotopic (exact) mass is 400 g/mol. The zero-order valence-electron chi connectivity index (χ0n) is 16.9. The van der Waals surface area contributed by atoms with Crippen LogP contribution in [0, 0.1) is 0 Å².